The molecule has 0 saturated heterocycles. The predicted octanol–water partition coefficient (Wildman–Crippen LogP) is 2.23. The zero-order valence-corrected chi connectivity index (χ0v) is 9.13. The van der Waals surface area contributed by atoms with E-state index in [0.29, 0.717) is 12.0 Å². The van der Waals surface area contributed by atoms with E-state index in [1.165, 1.54) is 0 Å². The number of alkyl halides is 1. The number of aryl methyl sites for hydroxylation is 2. The Morgan fingerprint density at radius 1 is 1.43 bits per heavy atom. The molecule has 0 aliphatic rings. The molecule has 0 fully saturated rings. The molecule has 80 valence electrons. The first-order valence-corrected chi connectivity index (χ1v) is 4.96. The summed E-state index contributed by atoms with van der Waals surface area (Å²) in [6.07, 6.45) is 3.81. The van der Waals surface area contributed by atoms with E-state index in [9.17, 15) is 4.39 Å². The lowest BCUT2D eigenvalue weighted by molar-refractivity contribution is 0.376. The molecular formula is C10H18FN3. The van der Waals surface area contributed by atoms with Gasteiger partial charge < -0.3 is 0 Å². The molecule has 14 heavy (non-hydrogen) atoms. The number of halogens is 1. The predicted molar refractivity (Wildman–Crippen MR) is 53.8 cm³/mol. The first kappa shape index (κ1) is 11.1. The molecule has 3 nitrogen and oxygen atoms in total. The summed E-state index contributed by atoms with van der Waals surface area (Å²) in [6.45, 7) is 6.50. The van der Waals surface area contributed by atoms with Gasteiger partial charge in [-0.15, -0.1) is 5.10 Å². The zero-order chi connectivity index (χ0) is 10.6. The molecule has 1 aromatic rings. The normalized spacial score (nSPS) is 12.0. The van der Waals surface area contributed by atoms with Crippen LogP contribution in [0.25, 0.3) is 0 Å². The Balaban J connectivity index is 2.44. The third-order valence-corrected chi connectivity index (χ3v) is 2.03. The standard InChI is InChI=1S/C10H18FN3/c1-10(2,3)5-4-9-8-14(7-6-11)13-12-9/h8H,4-7H2,1-3H3/i11-1. The van der Waals surface area contributed by atoms with Crippen molar-refractivity contribution < 1.29 is 4.39 Å². The molecule has 0 unspecified atom stereocenters. The lowest BCUT2D eigenvalue weighted by Gasteiger charge is -2.16. The monoisotopic (exact) mass is 198 g/mol. The van der Waals surface area contributed by atoms with Crippen molar-refractivity contribution in [3.05, 3.63) is 11.9 Å². The van der Waals surface area contributed by atoms with Gasteiger partial charge in [-0.1, -0.05) is 26.0 Å². The number of hydrogen-bond acceptors (Lipinski definition) is 2. The Hall–Kier alpha value is -0.930. The number of aromatic nitrogens is 3. The highest BCUT2D eigenvalue weighted by atomic mass is 18.2. The van der Waals surface area contributed by atoms with Gasteiger partial charge in [0.1, 0.15) is 6.67 Å². The molecule has 0 N–H and O–H groups in total. The van der Waals surface area contributed by atoms with Gasteiger partial charge in [0.15, 0.2) is 0 Å². The summed E-state index contributed by atoms with van der Waals surface area (Å²) in [5.41, 5.74) is 1.26. The van der Waals surface area contributed by atoms with E-state index in [1.807, 2.05) is 6.20 Å². The number of nitrogens with zero attached hydrogens (tertiary/aromatic N) is 3. The van der Waals surface area contributed by atoms with Crippen LogP contribution in [0, 0.1) is 5.41 Å². The van der Waals surface area contributed by atoms with E-state index in [4.69, 9.17) is 0 Å². The lowest BCUT2D eigenvalue weighted by atomic mass is 9.90. The van der Waals surface area contributed by atoms with Crippen LogP contribution in [-0.4, -0.2) is 21.7 Å². The molecule has 1 rings (SSSR count). The molecule has 0 bridgehead atoms. The smallest absolute Gasteiger partial charge is 0.109 e. The Kier molecular flexibility index (Phi) is 3.61. The fourth-order valence-electron chi connectivity index (χ4n) is 1.15. The van der Waals surface area contributed by atoms with Crippen molar-refractivity contribution in [2.75, 3.05) is 6.67 Å². The quantitative estimate of drug-likeness (QED) is 0.742. The van der Waals surface area contributed by atoms with Gasteiger partial charge in [-0.25, -0.2) is 9.07 Å². The van der Waals surface area contributed by atoms with Crippen molar-refractivity contribution in [2.24, 2.45) is 5.41 Å². The van der Waals surface area contributed by atoms with Crippen LogP contribution in [0.3, 0.4) is 0 Å². The first-order chi connectivity index (χ1) is 6.51. The van der Waals surface area contributed by atoms with Crippen LogP contribution in [0.5, 0.6) is 0 Å². The SMILES string of the molecule is CC(C)(C)CCc1cn(CC[18F])nn1. The molecule has 0 aliphatic carbocycles. The van der Waals surface area contributed by atoms with Crippen molar-refractivity contribution >= 4 is 0 Å². The number of hydrogen-bond donors (Lipinski definition) is 0. The Bertz CT molecular complexity index is 275. The summed E-state index contributed by atoms with van der Waals surface area (Å²) in [6, 6.07) is 0. The van der Waals surface area contributed by atoms with Crippen LogP contribution < -0.4 is 0 Å². The average Bonchev–Trinajstić information content (AvgIpc) is 2.49. The second kappa shape index (κ2) is 4.53. The van der Waals surface area contributed by atoms with Gasteiger partial charge in [0, 0.05) is 6.20 Å². The van der Waals surface area contributed by atoms with Crippen LogP contribution in [0.15, 0.2) is 6.20 Å². The Labute approximate surface area is 84.3 Å². The lowest BCUT2D eigenvalue weighted by Crippen LogP contribution is -2.06. The van der Waals surface area contributed by atoms with E-state index in [-0.39, 0.29) is 6.67 Å². The summed E-state index contributed by atoms with van der Waals surface area (Å²) in [7, 11) is 0. The minimum absolute atomic E-state index is 0.308. The van der Waals surface area contributed by atoms with E-state index in [2.05, 4.69) is 31.1 Å². The molecular weight excluding hydrogens is 180 g/mol. The van der Waals surface area contributed by atoms with Crippen molar-refractivity contribution in [1.29, 1.82) is 0 Å². The second-order valence-corrected chi connectivity index (χ2v) is 4.72. The van der Waals surface area contributed by atoms with E-state index < -0.39 is 0 Å². The molecule has 0 amide bonds. The molecule has 0 aliphatic heterocycles. The summed E-state index contributed by atoms with van der Waals surface area (Å²) < 4.78 is 13.5. The summed E-state index contributed by atoms with van der Waals surface area (Å²) in [5.74, 6) is 0. The zero-order valence-electron chi connectivity index (χ0n) is 9.13. The third-order valence-electron chi connectivity index (χ3n) is 2.03. The minimum atomic E-state index is -0.387. The first-order valence-electron chi connectivity index (χ1n) is 4.96. The van der Waals surface area contributed by atoms with Crippen LogP contribution >= 0.6 is 0 Å². The second-order valence-electron chi connectivity index (χ2n) is 4.72. The molecule has 1 aromatic heterocycles. The van der Waals surface area contributed by atoms with Crippen LogP contribution in [0.1, 0.15) is 32.9 Å². The Morgan fingerprint density at radius 3 is 2.71 bits per heavy atom. The van der Waals surface area contributed by atoms with Gasteiger partial charge in [-0.2, -0.15) is 0 Å². The molecule has 0 saturated carbocycles. The van der Waals surface area contributed by atoms with Crippen molar-refractivity contribution in [2.45, 2.75) is 40.2 Å². The summed E-state index contributed by atoms with van der Waals surface area (Å²) >= 11 is 0. The average molecular weight is 198 g/mol. The minimum Gasteiger partial charge on any atom is -0.250 e. The topological polar surface area (TPSA) is 30.7 Å². The third kappa shape index (κ3) is 3.85. The van der Waals surface area contributed by atoms with E-state index in [1.54, 1.807) is 4.68 Å². The molecule has 1 heterocycles. The van der Waals surface area contributed by atoms with Crippen molar-refractivity contribution in [3.8, 4) is 0 Å². The van der Waals surface area contributed by atoms with E-state index >= 15 is 0 Å². The van der Waals surface area contributed by atoms with Gasteiger partial charge in [0.05, 0.1) is 12.2 Å². The molecule has 4 heteroatoms. The Morgan fingerprint density at radius 2 is 2.14 bits per heavy atom. The molecule has 0 spiro atoms. The van der Waals surface area contributed by atoms with Crippen molar-refractivity contribution in [1.82, 2.24) is 15.0 Å². The van der Waals surface area contributed by atoms with E-state index in [0.717, 1.165) is 18.5 Å². The highest BCUT2D eigenvalue weighted by Gasteiger charge is 2.11. The molecule has 0 radical (unpaired) electrons. The van der Waals surface area contributed by atoms with Crippen molar-refractivity contribution in [3.63, 3.8) is 0 Å². The molecule has 0 aromatic carbocycles. The summed E-state index contributed by atoms with van der Waals surface area (Å²) in [5, 5.41) is 7.82. The fraction of sp³-hybridized carbons (Fsp3) is 0.800. The fourth-order valence-corrected chi connectivity index (χ4v) is 1.15. The highest BCUT2D eigenvalue weighted by Crippen LogP contribution is 2.20. The summed E-state index contributed by atoms with van der Waals surface area (Å²) in [4.78, 5) is 0. The van der Waals surface area contributed by atoms with Crippen LogP contribution in [0.2, 0.25) is 0 Å². The number of rotatable bonds is 4. The van der Waals surface area contributed by atoms with Gasteiger partial charge in [-0.3, -0.25) is 0 Å². The van der Waals surface area contributed by atoms with Crippen LogP contribution in [-0.2, 0) is 13.0 Å². The highest BCUT2D eigenvalue weighted by molar-refractivity contribution is 4.93. The van der Waals surface area contributed by atoms with Gasteiger partial charge in [0.25, 0.3) is 0 Å². The maximum absolute atomic E-state index is 12.0. The van der Waals surface area contributed by atoms with Crippen LogP contribution in [0.4, 0.5) is 4.39 Å². The largest absolute Gasteiger partial charge is 0.250 e. The van der Waals surface area contributed by atoms with Gasteiger partial charge >= 0.3 is 0 Å². The maximum Gasteiger partial charge on any atom is 0.109 e. The molecule has 0 atom stereocenters. The van der Waals surface area contributed by atoms with Gasteiger partial charge in [-0.05, 0) is 18.3 Å². The maximum atomic E-state index is 12.0. The van der Waals surface area contributed by atoms with Gasteiger partial charge in [0.2, 0.25) is 0 Å².